The zero-order chi connectivity index (χ0) is 12.2. The van der Waals surface area contributed by atoms with Crippen LogP contribution in [0.3, 0.4) is 0 Å². The van der Waals surface area contributed by atoms with Crippen molar-refractivity contribution in [3.05, 3.63) is 0 Å². The van der Waals surface area contributed by atoms with Gasteiger partial charge in [0.25, 0.3) is 0 Å². The first-order chi connectivity index (χ1) is 7.70. The molecule has 0 aromatic carbocycles. The van der Waals surface area contributed by atoms with Crippen LogP contribution in [0.5, 0.6) is 0 Å². The number of carbonyl (C=O) groups excluding carboxylic acids is 1. The third-order valence-corrected chi connectivity index (χ3v) is 2.78. The Balaban J connectivity index is 3.39. The summed E-state index contributed by atoms with van der Waals surface area (Å²) in [5.41, 5.74) is 0. The summed E-state index contributed by atoms with van der Waals surface area (Å²) in [6.45, 7) is 6.35. The summed E-state index contributed by atoms with van der Waals surface area (Å²) in [6, 6.07) is 0. The van der Waals surface area contributed by atoms with Gasteiger partial charge in [0.05, 0.1) is 6.10 Å². The van der Waals surface area contributed by atoms with Crippen LogP contribution >= 0.6 is 0 Å². The maximum atomic E-state index is 11.4. The Bertz CT molecular complexity index is 166. The zero-order valence-electron chi connectivity index (χ0n) is 11.3. The van der Waals surface area contributed by atoms with E-state index >= 15 is 0 Å². The molecular formula is C14H28O2. The summed E-state index contributed by atoms with van der Waals surface area (Å²) in [6.07, 6.45) is 9.93. The average Bonchev–Trinajstić information content (AvgIpc) is 2.25. The first-order valence-corrected chi connectivity index (χ1v) is 6.90. The second-order valence-electron chi connectivity index (χ2n) is 4.61. The number of unbranched alkanes of at least 4 members (excludes halogenated alkanes) is 5. The Labute approximate surface area is 101 Å². The zero-order valence-corrected chi connectivity index (χ0v) is 11.3. The highest BCUT2D eigenvalue weighted by Crippen LogP contribution is 2.09. The van der Waals surface area contributed by atoms with Crippen molar-refractivity contribution in [2.45, 2.75) is 84.7 Å². The van der Waals surface area contributed by atoms with Crippen LogP contribution in [-0.4, -0.2) is 12.1 Å². The minimum atomic E-state index is -0.0172. The highest BCUT2D eigenvalue weighted by atomic mass is 16.5. The molecule has 2 nitrogen and oxygen atoms in total. The normalized spacial score (nSPS) is 12.4. The molecule has 0 rings (SSSR count). The summed E-state index contributed by atoms with van der Waals surface area (Å²) in [4.78, 5) is 11.4. The average molecular weight is 228 g/mol. The van der Waals surface area contributed by atoms with Gasteiger partial charge in [-0.25, -0.2) is 0 Å². The van der Waals surface area contributed by atoms with Gasteiger partial charge in [0.2, 0.25) is 0 Å². The molecule has 0 aromatic heterocycles. The van der Waals surface area contributed by atoms with E-state index in [1.54, 1.807) is 0 Å². The Morgan fingerprint density at radius 2 is 1.62 bits per heavy atom. The molecule has 1 atom stereocenters. The lowest BCUT2D eigenvalue weighted by Gasteiger charge is -2.12. The third kappa shape index (κ3) is 10.0. The maximum absolute atomic E-state index is 11.4. The SMILES string of the molecule is CCCCCC[C@H](C)OC(=O)CCCCC. The lowest BCUT2D eigenvalue weighted by Crippen LogP contribution is -2.14. The summed E-state index contributed by atoms with van der Waals surface area (Å²) in [7, 11) is 0. The predicted molar refractivity (Wildman–Crippen MR) is 68.5 cm³/mol. The van der Waals surface area contributed by atoms with Crippen molar-refractivity contribution >= 4 is 5.97 Å². The van der Waals surface area contributed by atoms with E-state index in [-0.39, 0.29) is 12.1 Å². The molecule has 0 N–H and O–H groups in total. The van der Waals surface area contributed by atoms with E-state index in [2.05, 4.69) is 13.8 Å². The van der Waals surface area contributed by atoms with Gasteiger partial charge in [0.1, 0.15) is 0 Å². The second-order valence-corrected chi connectivity index (χ2v) is 4.61. The molecule has 0 radical (unpaired) electrons. The van der Waals surface area contributed by atoms with Crippen molar-refractivity contribution in [2.75, 3.05) is 0 Å². The highest BCUT2D eigenvalue weighted by molar-refractivity contribution is 5.69. The van der Waals surface area contributed by atoms with E-state index < -0.39 is 0 Å². The molecular weight excluding hydrogens is 200 g/mol. The molecule has 0 aromatic rings. The van der Waals surface area contributed by atoms with Crippen LogP contribution in [0.25, 0.3) is 0 Å². The highest BCUT2D eigenvalue weighted by Gasteiger charge is 2.08. The summed E-state index contributed by atoms with van der Waals surface area (Å²) < 4.78 is 5.34. The Morgan fingerprint density at radius 3 is 2.25 bits per heavy atom. The van der Waals surface area contributed by atoms with Gasteiger partial charge in [-0.1, -0.05) is 46.0 Å². The topological polar surface area (TPSA) is 26.3 Å². The van der Waals surface area contributed by atoms with Crippen LogP contribution in [0.15, 0.2) is 0 Å². The molecule has 0 aliphatic heterocycles. The molecule has 2 heteroatoms. The standard InChI is InChI=1S/C14H28O2/c1-4-6-8-10-11-13(3)16-14(15)12-9-7-5-2/h13H,4-12H2,1-3H3/t13-/m0/s1. The summed E-state index contributed by atoms with van der Waals surface area (Å²) >= 11 is 0. The first kappa shape index (κ1) is 15.5. The fourth-order valence-corrected chi connectivity index (χ4v) is 1.72. The molecule has 0 fully saturated rings. The van der Waals surface area contributed by atoms with Crippen LogP contribution in [0.2, 0.25) is 0 Å². The van der Waals surface area contributed by atoms with Crippen molar-refractivity contribution in [1.29, 1.82) is 0 Å². The fourth-order valence-electron chi connectivity index (χ4n) is 1.72. The number of ether oxygens (including phenoxy) is 1. The Morgan fingerprint density at radius 1 is 1.00 bits per heavy atom. The fraction of sp³-hybridized carbons (Fsp3) is 0.929. The van der Waals surface area contributed by atoms with Crippen molar-refractivity contribution in [3.8, 4) is 0 Å². The van der Waals surface area contributed by atoms with Gasteiger partial charge in [-0.15, -0.1) is 0 Å². The van der Waals surface area contributed by atoms with Gasteiger partial charge >= 0.3 is 5.97 Å². The van der Waals surface area contributed by atoms with Gasteiger partial charge in [-0.2, -0.15) is 0 Å². The number of esters is 1. The molecule has 0 unspecified atom stereocenters. The third-order valence-electron chi connectivity index (χ3n) is 2.78. The minimum absolute atomic E-state index is 0.0172. The quantitative estimate of drug-likeness (QED) is 0.407. The number of carbonyl (C=O) groups is 1. The van der Waals surface area contributed by atoms with E-state index in [1.807, 2.05) is 6.92 Å². The van der Waals surface area contributed by atoms with Crippen LogP contribution in [0.1, 0.15) is 78.6 Å². The van der Waals surface area contributed by atoms with Crippen molar-refractivity contribution < 1.29 is 9.53 Å². The van der Waals surface area contributed by atoms with Gasteiger partial charge in [-0.3, -0.25) is 4.79 Å². The summed E-state index contributed by atoms with van der Waals surface area (Å²) in [5.74, 6) is -0.0172. The summed E-state index contributed by atoms with van der Waals surface area (Å²) in [5, 5.41) is 0. The van der Waals surface area contributed by atoms with Gasteiger partial charge in [0, 0.05) is 6.42 Å². The number of rotatable bonds is 10. The Hall–Kier alpha value is -0.530. The van der Waals surface area contributed by atoms with E-state index in [0.717, 1.165) is 25.7 Å². The maximum Gasteiger partial charge on any atom is 0.306 e. The monoisotopic (exact) mass is 228 g/mol. The molecule has 16 heavy (non-hydrogen) atoms. The number of hydrogen-bond donors (Lipinski definition) is 0. The molecule has 96 valence electrons. The number of hydrogen-bond acceptors (Lipinski definition) is 2. The lowest BCUT2D eigenvalue weighted by molar-refractivity contribution is -0.148. The molecule has 0 spiro atoms. The molecule has 0 heterocycles. The minimum Gasteiger partial charge on any atom is -0.463 e. The van der Waals surface area contributed by atoms with Crippen molar-refractivity contribution in [3.63, 3.8) is 0 Å². The predicted octanol–water partition coefficient (Wildman–Crippen LogP) is 4.47. The molecule has 0 saturated carbocycles. The van der Waals surface area contributed by atoms with Crippen molar-refractivity contribution in [1.82, 2.24) is 0 Å². The van der Waals surface area contributed by atoms with Gasteiger partial charge in [0.15, 0.2) is 0 Å². The smallest absolute Gasteiger partial charge is 0.306 e. The molecule has 0 aliphatic carbocycles. The van der Waals surface area contributed by atoms with Crippen LogP contribution in [-0.2, 0) is 9.53 Å². The van der Waals surface area contributed by atoms with E-state index in [9.17, 15) is 4.79 Å². The van der Waals surface area contributed by atoms with E-state index in [1.165, 1.54) is 25.7 Å². The van der Waals surface area contributed by atoms with E-state index in [0.29, 0.717) is 6.42 Å². The van der Waals surface area contributed by atoms with Gasteiger partial charge < -0.3 is 4.74 Å². The van der Waals surface area contributed by atoms with Crippen LogP contribution in [0.4, 0.5) is 0 Å². The molecule has 0 saturated heterocycles. The Kier molecular flexibility index (Phi) is 10.6. The van der Waals surface area contributed by atoms with Crippen molar-refractivity contribution in [2.24, 2.45) is 0 Å². The van der Waals surface area contributed by atoms with Crippen LogP contribution < -0.4 is 0 Å². The van der Waals surface area contributed by atoms with Gasteiger partial charge in [-0.05, 0) is 26.2 Å². The van der Waals surface area contributed by atoms with E-state index in [4.69, 9.17) is 4.74 Å². The lowest BCUT2D eigenvalue weighted by atomic mass is 10.1. The molecule has 0 amide bonds. The molecule has 0 aliphatic rings. The molecule has 0 bridgehead atoms. The van der Waals surface area contributed by atoms with Crippen LogP contribution in [0, 0.1) is 0 Å². The second kappa shape index (κ2) is 11.0. The largest absolute Gasteiger partial charge is 0.463 e. The first-order valence-electron chi connectivity index (χ1n) is 6.90.